The highest BCUT2D eigenvalue weighted by Crippen LogP contribution is 2.32. The number of carbonyl (C=O) groups excluding carboxylic acids is 1. The highest BCUT2D eigenvalue weighted by molar-refractivity contribution is 6.31. The zero-order chi connectivity index (χ0) is 19.1. The Morgan fingerprint density at radius 1 is 1.04 bits per heavy atom. The van der Waals surface area contributed by atoms with Crippen molar-refractivity contribution >= 4 is 28.3 Å². The molecule has 0 aromatic heterocycles. The second kappa shape index (κ2) is 6.97. The van der Waals surface area contributed by atoms with Crippen LogP contribution in [0, 0.1) is 6.92 Å². The first kappa shape index (κ1) is 18.0. The summed E-state index contributed by atoms with van der Waals surface area (Å²) >= 11 is 6.22. The zero-order valence-corrected chi connectivity index (χ0v) is 15.6. The van der Waals surface area contributed by atoms with E-state index in [1.165, 1.54) is 4.90 Å². The zero-order valence-electron chi connectivity index (χ0n) is 14.9. The molecule has 1 saturated heterocycles. The van der Waals surface area contributed by atoms with Crippen molar-refractivity contribution in [3.8, 4) is 11.1 Å². The number of hydrogen-bond donors (Lipinski definition) is 2. The maximum Gasteiger partial charge on any atom is 0.254 e. The summed E-state index contributed by atoms with van der Waals surface area (Å²) in [7, 11) is 0. The van der Waals surface area contributed by atoms with Crippen molar-refractivity contribution in [1.29, 1.82) is 0 Å². The summed E-state index contributed by atoms with van der Waals surface area (Å²) in [6, 6.07) is 17.5. The van der Waals surface area contributed by atoms with E-state index in [-0.39, 0.29) is 19.0 Å². The number of benzene rings is 3. The van der Waals surface area contributed by atoms with Crippen LogP contribution in [-0.2, 0) is 0 Å². The number of fused-ring (bicyclic) bond motifs is 1. The Kier molecular flexibility index (Phi) is 4.64. The minimum Gasteiger partial charge on any atom is -0.388 e. The quantitative estimate of drug-likeness (QED) is 0.712. The Morgan fingerprint density at radius 2 is 1.78 bits per heavy atom. The SMILES string of the molecule is Cc1cc(Cl)cc(-c2cccc3cc(C(=O)N4C[C@@H](O)[C@H](O)C4)ccc23)c1. The number of rotatable bonds is 2. The molecule has 138 valence electrons. The number of hydrogen-bond acceptors (Lipinski definition) is 3. The molecule has 2 atom stereocenters. The van der Waals surface area contributed by atoms with Crippen LogP contribution in [0.15, 0.2) is 54.6 Å². The lowest BCUT2D eigenvalue weighted by molar-refractivity contribution is 0.0572. The fourth-order valence-electron chi connectivity index (χ4n) is 3.68. The molecule has 1 aliphatic heterocycles. The van der Waals surface area contributed by atoms with Gasteiger partial charge >= 0.3 is 0 Å². The van der Waals surface area contributed by atoms with E-state index < -0.39 is 12.2 Å². The molecular weight excluding hydrogens is 362 g/mol. The number of nitrogens with zero attached hydrogens (tertiary/aromatic N) is 1. The van der Waals surface area contributed by atoms with Gasteiger partial charge in [0, 0.05) is 23.7 Å². The molecule has 5 heteroatoms. The third-order valence-electron chi connectivity index (χ3n) is 5.03. The number of aliphatic hydroxyl groups excluding tert-OH is 2. The molecule has 3 aromatic carbocycles. The van der Waals surface area contributed by atoms with Gasteiger partial charge in [-0.15, -0.1) is 0 Å². The van der Waals surface area contributed by atoms with Gasteiger partial charge in [0.05, 0.1) is 12.2 Å². The van der Waals surface area contributed by atoms with E-state index in [1.54, 1.807) is 6.07 Å². The van der Waals surface area contributed by atoms with Gasteiger partial charge in [-0.25, -0.2) is 0 Å². The first-order valence-corrected chi connectivity index (χ1v) is 9.26. The van der Waals surface area contributed by atoms with E-state index in [0.29, 0.717) is 10.6 Å². The summed E-state index contributed by atoms with van der Waals surface area (Å²) in [6.45, 7) is 2.32. The Labute approximate surface area is 162 Å². The highest BCUT2D eigenvalue weighted by atomic mass is 35.5. The smallest absolute Gasteiger partial charge is 0.254 e. The molecule has 0 radical (unpaired) electrons. The van der Waals surface area contributed by atoms with E-state index in [2.05, 4.69) is 6.07 Å². The number of halogens is 1. The summed E-state index contributed by atoms with van der Waals surface area (Å²) in [5.41, 5.74) is 3.73. The van der Waals surface area contributed by atoms with Crippen molar-refractivity contribution in [2.24, 2.45) is 0 Å². The van der Waals surface area contributed by atoms with Crippen molar-refractivity contribution < 1.29 is 15.0 Å². The third-order valence-corrected chi connectivity index (χ3v) is 5.24. The fourth-order valence-corrected chi connectivity index (χ4v) is 3.97. The molecule has 1 fully saturated rings. The lowest BCUT2D eigenvalue weighted by Gasteiger charge is -2.16. The van der Waals surface area contributed by atoms with Crippen molar-refractivity contribution in [3.63, 3.8) is 0 Å². The average Bonchev–Trinajstić information content (AvgIpc) is 2.98. The molecule has 0 bridgehead atoms. The number of likely N-dealkylation sites (tertiary alicyclic amines) is 1. The Morgan fingerprint density at radius 3 is 2.48 bits per heavy atom. The van der Waals surface area contributed by atoms with Gasteiger partial charge in [0.15, 0.2) is 0 Å². The lowest BCUT2D eigenvalue weighted by Crippen LogP contribution is -2.29. The van der Waals surface area contributed by atoms with Crippen molar-refractivity contribution in [1.82, 2.24) is 4.90 Å². The number of amides is 1. The van der Waals surface area contributed by atoms with E-state index in [0.717, 1.165) is 27.5 Å². The molecular formula is C22H20ClNO3. The topological polar surface area (TPSA) is 60.8 Å². The maximum absolute atomic E-state index is 12.7. The monoisotopic (exact) mass is 381 g/mol. The molecule has 4 rings (SSSR count). The molecule has 1 amide bonds. The second-order valence-corrected chi connectivity index (χ2v) is 7.54. The van der Waals surface area contributed by atoms with E-state index in [1.807, 2.05) is 49.4 Å². The van der Waals surface area contributed by atoms with Crippen LogP contribution in [0.5, 0.6) is 0 Å². The highest BCUT2D eigenvalue weighted by Gasteiger charge is 2.32. The molecule has 3 aromatic rings. The van der Waals surface area contributed by atoms with Gasteiger partial charge in [0.1, 0.15) is 0 Å². The van der Waals surface area contributed by atoms with Gasteiger partial charge in [0.2, 0.25) is 0 Å². The maximum atomic E-state index is 12.7. The average molecular weight is 382 g/mol. The predicted octanol–water partition coefficient (Wildman–Crippen LogP) is 3.65. The van der Waals surface area contributed by atoms with Gasteiger partial charge in [-0.3, -0.25) is 4.79 Å². The summed E-state index contributed by atoms with van der Waals surface area (Å²) < 4.78 is 0. The van der Waals surface area contributed by atoms with Crippen LogP contribution >= 0.6 is 11.6 Å². The first-order chi connectivity index (χ1) is 12.9. The lowest BCUT2D eigenvalue weighted by atomic mass is 9.96. The normalized spacial score (nSPS) is 19.6. The van der Waals surface area contributed by atoms with E-state index >= 15 is 0 Å². The summed E-state index contributed by atoms with van der Waals surface area (Å²) in [6.07, 6.45) is -1.76. The number of carbonyl (C=O) groups is 1. The summed E-state index contributed by atoms with van der Waals surface area (Å²) in [4.78, 5) is 14.2. The Balaban J connectivity index is 1.73. The fraction of sp³-hybridized carbons (Fsp3) is 0.227. The van der Waals surface area contributed by atoms with Gasteiger partial charge in [0.25, 0.3) is 5.91 Å². The van der Waals surface area contributed by atoms with Gasteiger partial charge in [-0.05, 0) is 58.7 Å². The molecule has 4 nitrogen and oxygen atoms in total. The molecule has 0 saturated carbocycles. The Hall–Kier alpha value is -2.40. The van der Waals surface area contributed by atoms with Gasteiger partial charge < -0.3 is 15.1 Å². The van der Waals surface area contributed by atoms with Crippen LogP contribution in [0.1, 0.15) is 15.9 Å². The summed E-state index contributed by atoms with van der Waals surface area (Å²) in [5, 5.41) is 22.1. The largest absolute Gasteiger partial charge is 0.388 e. The van der Waals surface area contributed by atoms with Crippen LogP contribution in [0.3, 0.4) is 0 Å². The van der Waals surface area contributed by atoms with Crippen molar-refractivity contribution in [3.05, 3.63) is 70.7 Å². The number of β-amino-alcohol motifs (C(OH)–C–C–N with tert-alkyl or cyclic N) is 2. The molecule has 1 heterocycles. The molecule has 27 heavy (non-hydrogen) atoms. The van der Waals surface area contributed by atoms with Crippen LogP contribution in [0.4, 0.5) is 0 Å². The predicted molar refractivity (Wildman–Crippen MR) is 107 cm³/mol. The first-order valence-electron chi connectivity index (χ1n) is 8.88. The van der Waals surface area contributed by atoms with Crippen LogP contribution < -0.4 is 0 Å². The Bertz CT molecular complexity index is 1000. The molecule has 0 unspecified atom stereocenters. The van der Waals surface area contributed by atoms with Crippen molar-refractivity contribution in [2.45, 2.75) is 19.1 Å². The van der Waals surface area contributed by atoms with E-state index in [9.17, 15) is 15.0 Å². The number of aryl methyl sites for hydroxylation is 1. The van der Waals surface area contributed by atoms with Crippen LogP contribution in [0.2, 0.25) is 5.02 Å². The summed E-state index contributed by atoms with van der Waals surface area (Å²) in [5.74, 6) is -0.184. The number of aliphatic hydroxyl groups is 2. The van der Waals surface area contributed by atoms with Gasteiger partial charge in [-0.1, -0.05) is 41.9 Å². The standard InChI is InChI=1S/C22H20ClNO3/c1-13-7-16(10-17(23)8-13)18-4-2-3-14-9-15(5-6-19(14)18)22(27)24-11-20(25)21(26)12-24/h2-10,20-21,25-26H,11-12H2,1H3/t20-,21-/m1/s1. The molecule has 2 N–H and O–H groups in total. The molecule has 0 aliphatic carbocycles. The van der Waals surface area contributed by atoms with Gasteiger partial charge in [-0.2, -0.15) is 0 Å². The van der Waals surface area contributed by atoms with Crippen LogP contribution in [0.25, 0.3) is 21.9 Å². The minimum absolute atomic E-state index is 0.153. The molecule has 0 spiro atoms. The minimum atomic E-state index is -0.882. The van der Waals surface area contributed by atoms with Crippen molar-refractivity contribution in [2.75, 3.05) is 13.1 Å². The third kappa shape index (κ3) is 3.44. The molecule has 1 aliphatic rings. The van der Waals surface area contributed by atoms with E-state index in [4.69, 9.17) is 11.6 Å². The second-order valence-electron chi connectivity index (χ2n) is 7.10. The van der Waals surface area contributed by atoms with Crippen LogP contribution in [-0.4, -0.2) is 46.3 Å².